The maximum atomic E-state index is 11.9. The third-order valence-corrected chi connectivity index (χ3v) is 5.16. The van der Waals surface area contributed by atoms with E-state index in [2.05, 4.69) is 20.2 Å². The molecule has 0 aliphatic carbocycles. The number of rotatable bonds is 2. The lowest BCUT2D eigenvalue weighted by atomic mass is 10.1. The Hall–Kier alpha value is -3.00. The van der Waals surface area contributed by atoms with Gasteiger partial charge in [-0.05, 0) is 43.4 Å². The Labute approximate surface area is 168 Å². The smallest absolute Gasteiger partial charge is 0.409 e. The van der Waals surface area contributed by atoms with Crippen LogP contribution in [0.25, 0.3) is 21.8 Å². The van der Waals surface area contributed by atoms with Crippen molar-refractivity contribution in [3.63, 3.8) is 0 Å². The molecule has 28 heavy (non-hydrogen) atoms. The van der Waals surface area contributed by atoms with Crippen LogP contribution in [0, 0.1) is 0 Å². The van der Waals surface area contributed by atoms with E-state index in [0.29, 0.717) is 37.9 Å². The van der Waals surface area contributed by atoms with E-state index >= 15 is 0 Å². The van der Waals surface area contributed by atoms with Gasteiger partial charge in [0.2, 0.25) is 0 Å². The summed E-state index contributed by atoms with van der Waals surface area (Å²) in [7, 11) is 0. The fraction of sp³-hybridized carbons (Fsp3) is 0.300. The van der Waals surface area contributed by atoms with Crippen molar-refractivity contribution in [3.8, 4) is 0 Å². The average Bonchev–Trinajstić information content (AvgIpc) is 2.74. The predicted octanol–water partition coefficient (Wildman–Crippen LogP) is 3.25. The fourth-order valence-electron chi connectivity index (χ4n) is 3.38. The number of aromatic nitrogens is 2. The molecule has 0 atom stereocenters. The van der Waals surface area contributed by atoms with Crippen LogP contribution in [-0.4, -0.2) is 63.8 Å². The lowest BCUT2D eigenvalue weighted by molar-refractivity contribution is 0.0923. The summed E-state index contributed by atoms with van der Waals surface area (Å²) in [6, 6.07) is 9.90. The molecular formula is C20H21N5O2S. The summed E-state index contributed by atoms with van der Waals surface area (Å²) in [5, 5.41) is 5.99. The summed E-state index contributed by atoms with van der Waals surface area (Å²) in [6.45, 7) is 4.70. The number of carbonyl (C=O) groups is 1. The van der Waals surface area contributed by atoms with Crippen molar-refractivity contribution in [2.24, 2.45) is 0 Å². The highest BCUT2D eigenvalue weighted by Gasteiger charge is 2.23. The second-order valence-corrected chi connectivity index (χ2v) is 6.89. The van der Waals surface area contributed by atoms with Gasteiger partial charge in [0, 0.05) is 49.3 Å². The first-order valence-electron chi connectivity index (χ1n) is 9.27. The monoisotopic (exact) mass is 395 g/mol. The maximum absolute atomic E-state index is 11.9. The van der Waals surface area contributed by atoms with E-state index in [9.17, 15) is 4.79 Å². The number of hydrogen-bond acceptors (Lipinski definition) is 5. The Morgan fingerprint density at radius 1 is 1.11 bits per heavy atom. The Morgan fingerprint density at radius 2 is 1.79 bits per heavy atom. The van der Waals surface area contributed by atoms with Crippen LogP contribution in [0.1, 0.15) is 6.92 Å². The van der Waals surface area contributed by atoms with Crippen molar-refractivity contribution < 1.29 is 9.53 Å². The molecule has 0 saturated carbocycles. The molecule has 3 heterocycles. The molecule has 0 bridgehead atoms. The van der Waals surface area contributed by atoms with Gasteiger partial charge in [-0.2, -0.15) is 0 Å². The normalized spacial score (nSPS) is 14.3. The van der Waals surface area contributed by atoms with Gasteiger partial charge in [-0.25, -0.2) is 4.79 Å². The molecule has 1 aliphatic rings. The van der Waals surface area contributed by atoms with Gasteiger partial charge in [0.1, 0.15) is 0 Å². The zero-order valence-electron chi connectivity index (χ0n) is 15.6. The summed E-state index contributed by atoms with van der Waals surface area (Å²) >= 11 is 5.64. The topological polar surface area (TPSA) is 70.6 Å². The number of piperazine rings is 1. The number of nitrogens with one attached hydrogen (secondary N) is 1. The van der Waals surface area contributed by atoms with Crippen molar-refractivity contribution in [1.29, 1.82) is 0 Å². The predicted molar refractivity (Wildman–Crippen MR) is 113 cm³/mol. The van der Waals surface area contributed by atoms with Gasteiger partial charge in [0.25, 0.3) is 0 Å². The van der Waals surface area contributed by atoms with E-state index in [1.807, 2.05) is 37.3 Å². The Bertz CT molecular complexity index is 1030. The van der Waals surface area contributed by atoms with Gasteiger partial charge < -0.3 is 19.9 Å². The third kappa shape index (κ3) is 3.55. The van der Waals surface area contributed by atoms with Crippen LogP contribution in [0.4, 0.5) is 10.5 Å². The molecule has 0 unspecified atom stereocenters. The molecule has 1 fully saturated rings. The summed E-state index contributed by atoms with van der Waals surface area (Å²) in [6.07, 6.45) is 3.28. The molecule has 1 N–H and O–H groups in total. The molecule has 3 aromatic rings. The molecule has 1 aliphatic heterocycles. The van der Waals surface area contributed by atoms with Gasteiger partial charge in [-0.3, -0.25) is 9.97 Å². The minimum absolute atomic E-state index is 0.264. The summed E-state index contributed by atoms with van der Waals surface area (Å²) in [4.78, 5) is 24.6. The highest BCUT2D eigenvalue weighted by Crippen LogP contribution is 2.29. The van der Waals surface area contributed by atoms with Gasteiger partial charge in [-0.1, -0.05) is 6.07 Å². The standard InChI is InChI=1S/C20H21N5O2S/c1-2-27-20(26)25-11-9-24(10-12-25)19(28)23-16-13-14-5-3-7-21-17(14)18-15(16)6-4-8-22-18/h3-8,13H,2,9-12H2,1H3,(H,23,28). The second kappa shape index (κ2) is 7.93. The maximum Gasteiger partial charge on any atom is 0.409 e. The molecular weight excluding hydrogens is 374 g/mol. The zero-order chi connectivity index (χ0) is 19.5. The number of anilines is 1. The molecule has 4 rings (SSSR count). The number of ether oxygens (including phenoxy) is 1. The molecule has 1 saturated heterocycles. The minimum atomic E-state index is -0.264. The number of hydrogen-bond donors (Lipinski definition) is 1. The van der Waals surface area contributed by atoms with Crippen molar-refractivity contribution in [2.75, 3.05) is 38.1 Å². The van der Waals surface area contributed by atoms with E-state index in [1.165, 1.54) is 0 Å². The first-order chi connectivity index (χ1) is 13.7. The number of fused-ring (bicyclic) bond motifs is 3. The van der Waals surface area contributed by atoms with Crippen LogP contribution in [-0.2, 0) is 4.74 Å². The number of nitrogens with zero attached hydrogens (tertiary/aromatic N) is 4. The van der Waals surface area contributed by atoms with Crippen LogP contribution >= 0.6 is 12.2 Å². The molecule has 144 valence electrons. The molecule has 1 aromatic carbocycles. The van der Waals surface area contributed by atoms with Crippen molar-refractivity contribution in [1.82, 2.24) is 19.8 Å². The zero-order valence-corrected chi connectivity index (χ0v) is 16.4. The SMILES string of the molecule is CCOC(=O)N1CCN(C(=S)Nc2cc3cccnc3c3ncccc23)CC1. The molecule has 0 spiro atoms. The number of benzene rings is 1. The van der Waals surface area contributed by atoms with E-state index in [4.69, 9.17) is 17.0 Å². The third-order valence-electron chi connectivity index (χ3n) is 4.80. The molecule has 1 amide bonds. The van der Waals surface area contributed by atoms with Gasteiger partial charge in [-0.15, -0.1) is 0 Å². The van der Waals surface area contributed by atoms with Gasteiger partial charge >= 0.3 is 6.09 Å². The van der Waals surface area contributed by atoms with Crippen LogP contribution < -0.4 is 5.32 Å². The Kier molecular flexibility index (Phi) is 5.21. The first-order valence-corrected chi connectivity index (χ1v) is 9.68. The van der Waals surface area contributed by atoms with Gasteiger partial charge in [0.05, 0.1) is 23.3 Å². The van der Waals surface area contributed by atoms with Crippen LogP contribution in [0.15, 0.2) is 42.7 Å². The van der Waals surface area contributed by atoms with E-state index in [0.717, 1.165) is 27.5 Å². The van der Waals surface area contributed by atoms with Crippen molar-refractivity contribution in [2.45, 2.75) is 6.92 Å². The van der Waals surface area contributed by atoms with Crippen LogP contribution in [0.2, 0.25) is 0 Å². The second-order valence-electron chi connectivity index (χ2n) is 6.50. The lowest BCUT2D eigenvalue weighted by Gasteiger charge is -2.35. The van der Waals surface area contributed by atoms with Crippen molar-refractivity contribution >= 4 is 50.9 Å². The molecule has 7 nitrogen and oxygen atoms in total. The van der Waals surface area contributed by atoms with E-state index < -0.39 is 0 Å². The highest BCUT2D eigenvalue weighted by molar-refractivity contribution is 7.80. The average molecular weight is 395 g/mol. The lowest BCUT2D eigenvalue weighted by Crippen LogP contribution is -2.51. The largest absolute Gasteiger partial charge is 0.450 e. The minimum Gasteiger partial charge on any atom is -0.450 e. The van der Waals surface area contributed by atoms with Crippen LogP contribution in [0.5, 0.6) is 0 Å². The number of pyridine rings is 2. The first kappa shape index (κ1) is 18.4. The summed E-state index contributed by atoms with van der Waals surface area (Å²) < 4.78 is 5.07. The fourth-order valence-corrected chi connectivity index (χ4v) is 3.67. The molecule has 0 radical (unpaired) electrons. The Balaban J connectivity index is 1.53. The summed E-state index contributed by atoms with van der Waals surface area (Å²) in [5.41, 5.74) is 2.62. The molecule has 8 heteroatoms. The number of thiocarbonyl (C=S) groups is 1. The quantitative estimate of drug-likeness (QED) is 0.527. The Morgan fingerprint density at radius 3 is 2.54 bits per heavy atom. The molecule has 2 aromatic heterocycles. The number of amides is 1. The highest BCUT2D eigenvalue weighted by atomic mass is 32.1. The van der Waals surface area contributed by atoms with Gasteiger partial charge in [0.15, 0.2) is 5.11 Å². The van der Waals surface area contributed by atoms with E-state index in [1.54, 1.807) is 17.3 Å². The number of carbonyl (C=O) groups excluding carboxylic acids is 1. The van der Waals surface area contributed by atoms with Crippen molar-refractivity contribution in [3.05, 3.63) is 42.7 Å². The van der Waals surface area contributed by atoms with E-state index in [-0.39, 0.29) is 6.09 Å². The van der Waals surface area contributed by atoms with Crippen LogP contribution in [0.3, 0.4) is 0 Å². The summed E-state index contributed by atoms with van der Waals surface area (Å²) in [5.74, 6) is 0.